The lowest BCUT2D eigenvalue weighted by Gasteiger charge is -2.14. The molecule has 7 heteroatoms. The molecular weight excluding hydrogens is 298 g/mol. The van der Waals surface area contributed by atoms with E-state index in [9.17, 15) is 8.42 Å². The van der Waals surface area contributed by atoms with Gasteiger partial charge in [-0.2, -0.15) is 0 Å². The van der Waals surface area contributed by atoms with Crippen molar-refractivity contribution in [2.24, 2.45) is 5.92 Å². The van der Waals surface area contributed by atoms with Crippen molar-refractivity contribution >= 4 is 27.4 Å². The number of anilines is 1. The van der Waals surface area contributed by atoms with E-state index in [1.807, 2.05) is 13.8 Å². The summed E-state index contributed by atoms with van der Waals surface area (Å²) in [6, 6.07) is 1.39. The Bertz CT molecular complexity index is 573. The molecule has 2 N–H and O–H groups in total. The second kappa shape index (κ2) is 6.28. The Morgan fingerprint density at radius 1 is 1.50 bits per heavy atom. The monoisotopic (exact) mass is 317 g/mol. The molecule has 0 radical (unpaired) electrons. The van der Waals surface area contributed by atoms with E-state index in [0.29, 0.717) is 16.8 Å². The van der Waals surface area contributed by atoms with Gasteiger partial charge < -0.3 is 5.32 Å². The number of aromatic nitrogens is 1. The van der Waals surface area contributed by atoms with E-state index in [2.05, 4.69) is 15.0 Å². The summed E-state index contributed by atoms with van der Waals surface area (Å²) in [5, 5.41) is 3.37. The Morgan fingerprint density at radius 3 is 2.75 bits per heavy atom. The second-order valence-electron chi connectivity index (χ2n) is 5.18. The Kier molecular flexibility index (Phi) is 4.88. The van der Waals surface area contributed by atoms with Gasteiger partial charge in [-0.15, -0.1) is 0 Å². The molecule has 0 aliphatic heterocycles. The van der Waals surface area contributed by atoms with E-state index in [4.69, 9.17) is 11.6 Å². The number of hydrogen-bond acceptors (Lipinski definition) is 4. The Balaban J connectivity index is 2.12. The first-order valence-corrected chi connectivity index (χ1v) is 8.72. The predicted octanol–water partition coefficient (Wildman–Crippen LogP) is 2.63. The molecule has 112 valence electrons. The number of rotatable bonds is 7. The zero-order chi connectivity index (χ0) is 14.8. The predicted molar refractivity (Wildman–Crippen MR) is 80.5 cm³/mol. The van der Waals surface area contributed by atoms with Crippen molar-refractivity contribution in [3.05, 3.63) is 17.3 Å². The van der Waals surface area contributed by atoms with Gasteiger partial charge >= 0.3 is 0 Å². The number of pyridine rings is 1. The number of hydrogen-bond donors (Lipinski definition) is 2. The SMILES string of the molecule is CCCNc1ncc(S(=O)(=O)NC(C)C2CC2)cc1Cl. The zero-order valence-electron chi connectivity index (χ0n) is 11.7. The first-order valence-electron chi connectivity index (χ1n) is 6.85. The average Bonchev–Trinajstić information content (AvgIpc) is 3.21. The molecule has 20 heavy (non-hydrogen) atoms. The van der Waals surface area contributed by atoms with Crippen LogP contribution in [0.3, 0.4) is 0 Å². The first kappa shape index (κ1) is 15.5. The van der Waals surface area contributed by atoms with Gasteiger partial charge in [-0.25, -0.2) is 18.1 Å². The van der Waals surface area contributed by atoms with E-state index in [0.717, 1.165) is 25.8 Å². The minimum absolute atomic E-state index is 0.0448. The third kappa shape index (κ3) is 3.84. The lowest BCUT2D eigenvalue weighted by molar-refractivity contribution is 0.538. The standard InChI is InChI=1S/C13H20ClN3O2S/c1-3-6-15-13-12(14)7-11(8-16-13)20(18,19)17-9(2)10-4-5-10/h7-10,17H,3-6H2,1-2H3,(H,15,16). The molecule has 1 atom stereocenters. The maximum absolute atomic E-state index is 12.2. The molecule has 0 spiro atoms. The van der Waals surface area contributed by atoms with E-state index >= 15 is 0 Å². The van der Waals surface area contributed by atoms with Crippen molar-refractivity contribution in [1.29, 1.82) is 0 Å². The van der Waals surface area contributed by atoms with Crippen molar-refractivity contribution in [3.63, 3.8) is 0 Å². The Morgan fingerprint density at radius 2 is 2.20 bits per heavy atom. The highest BCUT2D eigenvalue weighted by Crippen LogP contribution is 2.33. The summed E-state index contributed by atoms with van der Waals surface area (Å²) in [6.45, 7) is 4.67. The molecule has 1 heterocycles. The van der Waals surface area contributed by atoms with Gasteiger partial charge in [0.15, 0.2) is 0 Å². The minimum atomic E-state index is -3.55. The Labute approximate surface area is 125 Å². The van der Waals surface area contributed by atoms with Gasteiger partial charge in [0, 0.05) is 18.8 Å². The molecule has 1 aliphatic carbocycles. The van der Waals surface area contributed by atoms with E-state index in [-0.39, 0.29) is 10.9 Å². The molecule has 1 aromatic rings. The highest BCUT2D eigenvalue weighted by molar-refractivity contribution is 7.89. The first-order chi connectivity index (χ1) is 9.44. The van der Waals surface area contributed by atoms with E-state index in [1.54, 1.807) is 0 Å². The van der Waals surface area contributed by atoms with Crippen LogP contribution in [0.5, 0.6) is 0 Å². The summed E-state index contributed by atoms with van der Waals surface area (Å²) < 4.78 is 27.1. The van der Waals surface area contributed by atoms with Crippen LogP contribution >= 0.6 is 11.6 Å². The number of halogens is 1. The third-order valence-corrected chi connectivity index (χ3v) is 5.15. The molecular formula is C13H20ClN3O2S. The largest absolute Gasteiger partial charge is 0.369 e. The number of nitrogens with one attached hydrogen (secondary N) is 2. The van der Waals surface area contributed by atoms with Crippen molar-refractivity contribution < 1.29 is 8.42 Å². The van der Waals surface area contributed by atoms with Gasteiger partial charge in [0.1, 0.15) is 10.7 Å². The summed E-state index contributed by atoms with van der Waals surface area (Å²) in [5.74, 6) is 0.974. The van der Waals surface area contributed by atoms with Crippen LogP contribution < -0.4 is 10.0 Å². The fraction of sp³-hybridized carbons (Fsp3) is 0.615. The van der Waals surface area contributed by atoms with Crippen LogP contribution in [0.15, 0.2) is 17.2 Å². The van der Waals surface area contributed by atoms with Crippen LogP contribution in [0.25, 0.3) is 0 Å². The van der Waals surface area contributed by atoms with Crippen LogP contribution in [0.4, 0.5) is 5.82 Å². The fourth-order valence-corrected chi connectivity index (χ4v) is 3.53. The normalized spacial score (nSPS) is 16.9. The molecule has 1 unspecified atom stereocenters. The minimum Gasteiger partial charge on any atom is -0.369 e. The van der Waals surface area contributed by atoms with Crippen molar-refractivity contribution in [2.45, 2.75) is 44.0 Å². The van der Waals surface area contributed by atoms with Crippen LogP contribution in [0.1, 0.15) is 33.1 Å². The van der Waals surface area contributed by atoms with Gasteiger partial charge in [0.25, 0.3) is 0 Å². The maximum Gasteiger partial charge on any atom is 0.242 e. The molecule has 2 rings (SSSR count). The summed E-state index contributed by atoms with van der Waals surface area (Å²) in [4.78, 5) is 4.20. The summed E-state index contributed by atoms with van der Waals surface area (Å²) >= 11 is 6.07. The highest BCUT2D eigenvalue weighted by Gasteiger charge is 2.31. The lowest BCUT2D eigenvalue weighted by Crippen LogP contribution is -2.34. The van der Waals surface area contributed by atoms with Crippen LogP contribution in [-0.2, 0) is 10.0 Å². The fourth-order valence-electron chi connectivity index (χ4n) is 1.95. The molecule has 0 amide bonds. The molecule has 1 aromatic heterocycles. The molecule has 1 saturated carbocycles. The van der Waals surface area contributed by atoms with Gasteiger partial charge in [-0.3, -0.25) is 0 Å². The van der Waals surface area contributed by atoms with Crippen molar-refractivity contribution in [1.82, 2.24) is 9.71 Å². The van der Waals surface area contributed by atoms with Crippen molar-refractivity contribution in [2.75, 3.05) is 11.9 Å². The van der Waals surface area contributed by atoms with Crippen LogP contribution in [0.2, 0.25) is 5.02 Å². The topological polar surface area (TPSA) is 71.1 Å². The van der Waals surface area contributed by atoms with Gasteiger partial charge in [-0.1, -0.05) is 18.5 Å². The quantitative estimate of drug-likeness (QED) is 0.811. The number of nitrogens with zero attached hydrogens (tertiary/aromatic N) is 1. The summed E-state index contributed by atoms with van der Waals surface area (Å²) in [7, 11) is -3.55. The molecule has 1 aliphatic rings. The van der Waals surface area contributed by atoms with Crippen LogP contribution in [-0.4, -0.2) is 26.0 Å². The van der Waals surface area contributed by atoms with E-state index < -0.39 is 10.0 Å². The second-order valence-corrected chi connectivity index (χ2v) is 7.30. The molecule has 0 saturated heterocycles. The number of sulfonamides is 1. The lowest BCUT2D eigenvalue weighted by atomic mass is 10.2. The summed E-state index contributed by atoms with van der Waals surface area (Å²) in [5.41, 5.74) is 0. The van der Waals surface area contributed by atoms with Gasteiger partial charge in [-0.05, 0) is 38.2 Å². The Hall–Kier alpha value is -0.850. The van der Waals surface area contributed by atoms with E-state index in [1.165, 1.54) is 12.3 Å². The summed E-state index contributed by atoms with van der Waals surface area (Å²) in [6.07, 6.45) is 4.45. The molecule has 1 fully saturated rings. The van der Waals surface area contributed by atoms with Crippen molar-refractivity contribution in [3.8, 4) is 0 Å². The smallest absolute Gasteiger partial charge is 0.242 e. The van der Waals surface area contributed by atoms with Gasteiger partial charge in [0.2, 0.25) is 10.0 Å². The maximum atomic E-state index is 12.2. The average molecular weight is 318 g/mol. The molecule has 5 nitrogen and oxygen atoms in total. The zero-order valence-corrected chi connectivity index (χ0v) is 13.3. The highest BCUT2D eigenvalue weighted by atomic mass is 35.5. The van der Waals surface area contributed by atoms with Crippen LogP contribution in [0, 0.1) is 5.92 Å². The third-order valence-electron chi connectivity index (χ3n) is 3.34. The molecule has 0 bridgehead atoms. The molecule has 0 aromatic carbocycles. The van der Waals surface area contributed by atoms with Gasteiger partial charge in [0.05, 0.1) is 5.02 Å².